The van der Waals surface area contributed by atoms with Gasteiger partial charge in [0.1, 0.15) is 0 Å². The van der Waals surface area contributed by atoms with E-state index in [0.29, 0.717) is 0 Å². The van der Waals surface area contributed by atoms with Crippen molar-refractivity contribution in [2.45, 2.75) is 26.3 Å². The zero-order valence-electron chi connectivity index (χ0n) is 17.6. The molecule has 0 amide bonds. The maximum atomic E-state index is 12.7. The van der Waals surface area contributed by atoms with Crippen LogP contribution in [0, 0.1) is 28.1 Å². The molecule has 1 aliphatic carbocycles. The Labute approximate surface area is 175 Å². The average Bonchev–Trinajstić information content (AvgIpc) is 2.99. The molecule has 30 heavy (non-hydrogen) atoms. The molecule has 7 nitrogen and oxygen atoms in total. The smallest absolute Gasteiger partial charge is 0.340 e. The predicted octanol–water partition coefficient (Wildman–Crippen LogP) is 3.03. The van der Waals surface area contributed by atoms with Crippen LogP contribution < -0.4 is 5.32 Å². The van der Waals surface area contributed by atoms with Crippen molar-refractivity contribution in [1.82, 2.24) is 5.32 Å². The molecular weight excluding hydrogens is 382 g/mol. The van der Waals surface area contributed by atoms with Crippen molar-refractivity contribution in [2.24, 2.45) is 5.41 Å². The van der Waals surface area contributed by atoms with Crippen LogP contribution >= 0.6 is 0 Å². The van der Waals surface area contributed by atoms with Crippen molar-refractivity contribution in [1.29, 1.82) is 10.5 Å². The van der Waals surface area contributed by atoms with Gasteiger partial charge < -0.3 is 14.8 Å². The van der Waals surface area contributed by atoms with Crippen LogP contribution in [0.5, 0.6) is 0 Å². The Hall–Kier alpha value is -3.84. The first-order valence-corrected chi connectivity index (χ1v) is 9.15. The Balaban J connectivity index is 2.88. The van der Waals surface area contributed by atoms with Crippen molar-refractivity contribution in [2.75, 3.05) is 14.2 Å². The summed E-state index contributed by atoms with van der Waals surface area (Å²) in [5.41, 5.74) is -2.06. The largest absolute Gasteiger partial charge is 0.465 e. The van der Waals surface area contributed by atoms with E-state index in [1.54, 1.807) is 6.08 Å². The molecule has 0 fully saturated rings. The molecule has 0 bridgehead atoms. The molecule has 0 heterocycles. The van der Waals surface area contributed by atoms with Crippen molar-refractivity contribution >= 4 is 18.0 Å². The number of nitrogens with zero attached hydrogens (tertiary/aromatic N) is 2. The van der Waals surface area contributed by atoms with Gasteiger partial charge >= 0.3 is 11.9 Å². The van der Waals surface area contributed by atoms with E-state index in [4.69, 9.17) is 9.47 Å². The van der Waals surface area contributed by atoms with Gasteiger partial charge in [0.15, 0.2) is 0 Å². The second-order valence-corrected chi connectivity index (χ2v) is 7.61. The van der Waals surface area contributed by atoms with Gasteiger partial charge in [-0.25, -0.2) is 9.59 Å². The first kappa shape index (κ1) is 22.4. The molecular formula is C23H23N3O4. The number of benzene rings is 1. The van der Waals surface area contributed by atoms with Crippen LogP contribution in [0.1, 0.15) is 26.3 Å². The van der Waals surface area contributed by atoms with E-state index < -0.39 is 22.9 Å². The molecule has 0 aromatic heterocycles. The summed E-state index contributed by atoms with van der Waals surface area (Å²) in [5.74, 6) is -1.69. The van der Waals surface area contributed by atoms with Crippen LogP contribution in [0.25, 0.3) is 6.08 Å². The minimum absolute atomic E-state index is 0.0000355. The van der Waals surface area contributed by atoms with Gasteiger partial charge in [-0.05, 0) is 26.3 Å². The van der Waals surface area contributed by atoms with Crippen molar-refractivity contribution in [3.05, 3.63) is 64.4 Å². The number of ether oxygens (including phenoxy) is 2. The highest BCUT2D eigenvalue weighted by atomic mass is 16.5. The zero-order chi connectivity index (χ0) is 22.5. The average molecular weight is 405 g/mol. The quantitative estimate of drug-likeness (QED) is 0.749. The molecule has 0 atom stereocenters. The van der Waals surface area contributed by atoms with E-state index in [9.17, 15) is 20.1 Å². The van der Waals surface area contributed by atoms with Gasteiger partial charge in [-0.3, -0.25) is 0 Å². The SMILES string of the molecule is COC(=O)C1=C(/C=C/c2ccccc2)C(C#N)(C#N)C(NC(C)(C)C)=C1C(=O)OC. The minimum atomic E-state index is -1.92. The van der Waals surface area contributed by atoms with Crippen LogP contribution in [-0.4, -0.2) is 31.7 Å². The molecule has 0 aliphatic heterocycles. The lowest BCUT2D eigenvalue weighted by atomic mass is 9.81. The minimum Gasteiger partial charge on any atom is -0.465 e. The normalized spacial score (nSPS) is 15.6. The lowest BCUT2D eigenvalue weighted by Crippen LogP contribution is -2.41. The molecule has 0 unspecified atom stereocenters. The Kier molecular flexibility index (Phi) is 6.49. The van der Waals surface area contributed by atoms with E-state index in [1.807, 2.05) is 63.2 Å². The first-order valence-electron chi connectivity index (χ1n) is 9.15. The van der Waals surface area contributed by atoms with Gasteiger partial charge in [0.25, 0.3) is 0 Å². The lowest BCUT2D eigenvalue weighted by Gasteiger charge is -2.29. The standard InChI is InChI=1S/C23H23N3O4/c1-22(2,3)26-19-18(21(28)30-5)17(20(27)29-4)16(23(19,13-24)14-25)12-11-15-9-7-6-8-10-15/h6-12,26H,1-5H3/b12-11+. The summed E-state index contributed by atoms with van der Waals surface area (Å²) in [6, 6.07) is 13.2. The van der Waals surface area contributed by atoms with Gasteiger partial charge in [0.2, 0.25) is 5.41 Å². The monoisotopic (exact) mass is 405 g/mol. The fourth-order valence-electron chi connectivity index (χ4n) is 3.13. The highest BCUT2D eigenvalue weighted by Gasteiger charge is 2.52. The molecule has 2 rings (SSSR count). The number of rotatable bonds is 5. The molecule has 0 radical (unpaired) electrons. The summed E-state index contributed by atoms with van der Waals surface area (Å²) in [6.45, 7) is 5.43. The Morgan fingerprint density at radius 2 is 1.50 bits per heavy atom. The third kappa shape index (κ3) is 4.11. The Morgan fingerprint density at radius 1 is 0.967 bits per heavy atom. The highest BCUT2D eigenvalue weighted by molar-refractivity contribution is 6.11. The molecule has 0 spiro atoms. The number of carbonyl (C=O) groups excluding carboxylic acids is 2. The second kappa shape index (κ2) is 8.67. The maximum Gasteiger partial charge on any atom is 0.340 e. The van der Waals surface area contributed by atoms with Gasteiger partial charge in [-0.2, -0.15) is 10.5 Å². The third-order valence-corrected chi connectivity index (χ3v) is 4.40. The third-order valence-electron chi connectivity index (χ3n) is 4.40. The van der Waals surface area contributed by atoms with E-state index in [1.165, 1.54) is 13.2 Å². The molecule has 7 heteroatoms. The molecule has 1 aromatic rings. The van der Waals surface area contributed by atoms with Gasteiger partial charge in [0, 0.05) is 11.1 Å². The van der Waals surface area contributed by atoms with Crippen molar-refractivity contribution in [3.63, 3.8) is 0 Å². The summed E-state index contributed by atoms with van der Waals surface area (Å²) in [5, 5.41) is 23.2. The van der Waals surface area contributed by atoms with Crippen LogP contribution in [0.15, 0.2) is 58.8 Å². The molecule has 0 saturated carbocycles. The topological polar surface area (TPSA) is 112 Å². The number of hydrogen-bond donors (Lipinski definition) is 1. The zero-order valence-corrected chi connectivity index (χ0v) is 17.6. The Bertz CT molecular complexity index is 1010. The van der Waals surface area contributed by atoms with Crippen LogP contribution in [0.3, 0.4) is 0 Å². The van der Waals surface area contributed by atoms with Crippen LogP contribution in [-0.2, 0) is 19.1 Å². The lowest BCUT2D eigenvalue weighted by molar-refractivity contribution is -0.139. The molecule has 1 N–H and O–H groups in total. The van der Waals surface area contributed by atoms with E-state index in [0.717, 1.165) is 12.7 Å². The number of hydrogen-bond acceptors (Lipinski definition) is 7. The summed E-state index contributed by atoms with van der Waals surface area (Å²) in [6.07, 6.45) is 3.16. The molecule has 0 saturated heterocycles. The number of nitrogens with one attached hydrogen (secondary N) is 1. The summed E-state index contributed by atoms with van der Waals surface area (Å²) in [7, 11) is 2.33. The van der Waals surface area contributed by atoms with Gasteiger partial charge in [-0.1, -0.05) is 42.5 Å². The predicted molar refractivity (Wildman–Crippen MR) is 110 cm³/mol. The first-order chi connectivity index (χ1) is 14.1. The summed E-state index contributed by atoms with van der Waals surface area (Å²) in [4.78, 5) is 25.4. The van der Waals surface area contributed by atoms with Crippen LogP contribution in [0.4, 0.5) is 0 Å². The number of esters is 2. The number of nitriles is 2. The molecule has 1 aromatic carbocycles. The van der Waals surface area contributed by atoms with Crippen molar-refractivity contribution < 1.29 is 19.1 Å². The number of allylic oxidation sites excluding steroid dienone is 2. The van der Waals surface area contributed by atoms with Crippen molar-refractivity contribution in [3.8, 4) is 12.1 Å². The fraction of sp³-hybridized carbons (Fsp3) is 0.304. The summed E-state index contributed by atoms with van der Waals surface area (Å²) < 4.78 is 9.76. The van der Waals surface area contributed by atoms with Gasteiger partial charge in [-0.15, -0.1) is 0 Å². The Morgan fingerprint density at radius 3 is 1.97 bits per heavy atom. The molecule has 1 aliphatic rings. The number of methoxy groups -OCH3 is 2. The van der Waals surface area contributed by atoms with Crippen LogP contribution in [0.2, 0.25) is 0 Å². The highest BCUT2D eigenvalue weighted by Crippen LogP contribution is 2.47. The second-order valence-electron chi connectivity index (χ2n) is 7.61. The van der Waals surface area contributed by atoms with E-state index in [-0.39, 0.29) is 22.4 Å². The molecule has 154 valence electrons. The van der Waals surface area contributed by atoms with E-state index >= 15 is 0 Å². The van der Waals surface area contributed by atoms with E-state index in [2.05, 4.69) is 5.32 Å². The maximum absolute atomic E-state index is 12.7. The fourth-order valence-corrected chi connectivity index (χ4v) is 3.13. The van der Waals surface area contributed by atoms with Gasteiger partial charge in [0.05, 0.1) is 43.2 Å². The summed E-state index contributed by atoms with van der Waals surface area (Å²) >= 11 is 0. The number of carbonyl (C=O) groups is 2.